The Bertz CT molecular complexity index is 354. The van der Waals surface area contributed by atoms with E-state index in [1.54, 1.807) is 0 Å². The Balaban J connectivity index is 0.00000196. The van der Waals surface area contributed by atoms with Crippen LogP contribution in [0.25, 0.3) is 0 Å². The second kappa shape index (κ2) is 5.97. The summed E-state index contributed by atoms with van der Waals surface area (Å²) in [6, 6.07) is 8.15. The third-order valence-corrected chi connectivity index (χ3v) is 2.65. The molecular weight excluding hydrogens is 222 g/mol. The van der Waals surface area contributed by atoms with Crippen molar-refractivity contribution in [2.24, 2.45) is 5.73 Å². The van der Waals surface area contributed by atoms with Crippen molar-refractivity contribution in [2.75, 3.05) is 0 Å². The first kappa shape index (κ1) is 14.2. The van der Waals surface area contributed by atoms with Crippen LogP contribution in [0.3, 0.4) is 0 Å². The first-order valence-electron chi connectivity index (χ1n) is 4.83. The molecule has 3 heteroatoms. The smallest absolute Gasteiger partial charge is 0.129 e. The minimum absolute atomic E-state index is 0. The van der Waals surface area contributed by atoms with Crippen molar-refractivity contribution < 1.29 is 0 Å². The lowest BCUT2D eigenvalue weighted by Gasteiger charge is -2.03. The fraction of sp³-hybridized carbons (Fsp3) is 0.333. The van der Waals surface area contributed by atoms with Crippen molar-refractivity contribution in [2.45, 2.75) is 26.2 Å². The topological polar surface area (TPSA) is 26.0 Å². The predicted octanol–water partition coefficient (Wildman–Crippen LogP) is 2.80. The fourth-order valence-corrected chi connectivity index (χ4v) is 1.50. The number of nitrogens with two attached hydrogens (primary N) is 1. The molecule has 0 aliphatic rings. The third-order valence-electron chi connectivity index (χ3n) is 1.77. The summed E-state index contributed by atoms with van der Waals surface area (Å²) in [7, 11) is -1.25. The van der Waals surface area contributed by atoms with Gasteiger partial charge in [-0.05, 0) is 17.7 Å². The molecule has 1 aromatic rings. The van der Waals surface area contributed by atoms with E-state index in [2.05, 4.69) is 31.1 Å². The molecule has 0 atom stereocenters. The Hall–Kier alpha value is -0.753. The molecule has 0 saturated carbocycles. The highest BCUT2D eigenvalue weighted by Crippen LogP contribution is 2.03. The van der Waals surface area contributed by atoms with E-state index in [0.717, 1.165) is 11.1 Å². The zero-order valence-electron chi connectivity index (χ0n) is 9.50. The number of halogens is 1. The van der Waals surface area contributed by atoms with Crippen LogP contribution in [0, 0.1) is 11.5 Å². The lowest BCUT2D eigenvalue weighted by atomic mass is 10.1. The quantitative estimate of drug-likeness (QED) is 0.592. The average molecular weight is 240 g/mol. The van der Waals surface area contributed by atoms with Crippen LogP contribution < -0.4 is 5.73 Å². The van der Waals surface area contributed by atoms with Gasteiger partial charge in [0, 0.05) is 12.1 Å². The van der Waals surface area contributed by atoms with Gasteiger partial charge in [-0.15, -0.1) is 18.0 Å². The summed E-state index contributed by atoms with van der Waals surface area (Å²) in [6.45, 7) is 7.33. The van der Waals surface area contributed by atoms with Crippen LogP contribution in [0.15, 0.2) is 24.3 Å². The second-order valence-electron chi connectivity index (χ2n) is 4.40. The lowest BCUT2D eigenvalue weighted by Crippen LogP contribution is -2.16. The molecule has 0 heterocycles. The molecule has 0 unspecified atom stereocenters. The highest BCUT2D eigenvalue weighted by atomic mass is 35.5. The number of benzene rings is 1. The van der Waals surface area contributed by atoms with Crippen molar-refractivity contribution in [3.8, 4) is 11.5 Å². The monoisotopic (exact) mass is 239 g/mol. The molecule has 0 bridgehead atoms. The van der Waals surface area contributed by atoms with E-state index in [4.69, 9.17) is 5.73 Å². The van der Waals surface area contributed by atoms with E-state index in [1.807, 2.05) is 24.3 Å². The Morgan fingerprint density at radius 3 is 2.07 bits per heavy atom. The summed E-state index contributed by atoms with van der Waals surface area (Å²) in [5.41, 5.74) is 11.1. The van der Waals surface area contributed by atoms with Crippen LogP contribution in [-0.4, -0.2) is 8.07 Å². The van der Waals surface area contributed by atoms with Gasteiger partial charge in [-0.1, -0.05) is 37.7 Å². The zero-order chi connectivity index (χ0) is 10.6. The largest absolute Gasteiger partial charge is 0.326 e. The van der Waals surface area contributed by atoms with Crippen molar-refractivity contribution >= 4 is 20.5 Å². The van der Waals surface area contributed by atoms with Crippen LogP contribution in [0.4, 0.5) is 0 Å². The maximum atomic E-state index is 5.51. The number of hydrogen-bond donors (Lipinski definition) is 1. The van der Waals surface area contributed by atoms with Crippen molar-refractivity contribution in [3.63, 3.8) is 0 Å². The summed E-state index contributed by atoms with van der Waals surface area (Å²) >= 11 is 0. The van der Waals surface area contributed by atoms with Gasteiger partial charge in [0.05, 0.1) is 0 Å². The van der Waals surface area contributed by atoms with Gasteiger partial charge < -0.3 is 5.73 Å². The zero-order valence-corrected chi connectivity index (χ0v) is 11.3. The van der Waals surface area contributed by atoms with Crippen LogP contribution >= 0.6 is 12.4 Å². The maximum Gasteiger partial charge on any atom is 0.129 e. The lowest BCUT2D eigenvalue weighted by molar-refractivity contribution is 1.07. The molecular formula is C12H18ClNSi. The summed E-state index contributed by atoms with van der Waals surface area (Å²) in [4.78, 5) is 0. The third kappa shape index (κ3) is 5.63. The molecule has 0 amide bonds. The van der Waals surface area contributed by atoms with Crippen molar-refractivity contribution in [1.82, 2.24) is 0 Å². The average Bonchev–Trinajstić information content (AvgIpc) is 2.14. The normalized spacial score (nSPS) is 9.87. The first-order valence-corrected chi connectivity index (χ1v) is 8.33. The van der Waals surface area contributed by atoms with E-state index >= 15 is 0 Å². The molecule has 1 rings (SSSR count). The van der Waals surface area contributed by atoms with E-state index in [9.17, 15) is 0 Å². The maximum absolute atomic E-state index is 5.51. The van der Waals surface area contributed by atoms with E-state index in [0.29, 0.717) is 6.54 Å². The van der Waals surface area contributed by atoms with Crippen LogP contribution in [0.1, 0.15) is 11.1 Å². The van der Waals surface area contributed by atoms with E-state index in [-0.39, 0.29) is 12.4 Å². The number of hydrogen-bond acceptors (Lipinski definition) is 1. The van der Waals surface area contributed by atoms with Gasteiger partial charge in [0.2, 0.25) is 0 Å². The summed E-state index contributed by atoms with van der Waals surface area (Å²) < 4.78 is 0. The van der Waals surface area contributed by atoms with E-state index in [1.165, 1.54) is 0 Å². The Morgan fingerprint density at radius 1 is 1.13 bits per heavy atom. The summed E-state index contributed by atoms with van der Waals surface area (Å²) in [5, 5.41) is 0. The van der Waals surface area contributed by atoms with Crippen molar-refractivity contribution in [3.05, 3.63) is 35.4 Å². The Kier molecular flexibility index (Phi) is 5.67. The summed E-state index contributed by atoms with van der Waals surface area (Å²) in [6.07, 6.45) is 0. The molecule has 2 N–H and O–H groups in total. The summed E-state index contributed by atoms with van der Waals surface area (Å²) in [5.74, 6) is 3.21. The molecule has 1 nitrogen and oxygen atoms in total. The molecule has 0 radical (unpaired) electrons. The van der Waals surface area contributed by atoms with E-state index < -0.39 is 8.07 Å². The minimum atomic E-state index is -1.25. The van der Waals surface area contributed by atoms with Crippen LogP contribution in [0.5, 0.6) is 0 Å². The van der Waals surface area contributed by atoms with Crippen LogP contribution in [-0.2, 0) is 6.54 Å². The molecule has 0 aliphatic heterocycles. The Labute approximate surface area is 99.5 Å². The van der Waals surface area contributed by atoms with Gasteiger partial charge in [-0.25, -0.2) is 0 Å². The molecule has 82 valence electrons. The molecule has 1 aromatic carbocycles. The molecule has 0 fully saturated rings. The molecule has 15 heavy (non-hydrogen) atoms. The predicted molar refractivity (Wildman–Crippen MR) is 71.8 cm³/mol. The van der Waals surface area contributed by atoms with Gasteiger partial charge in [-0.2, -0.15) is 0 Å². The molecule has 0 aromatic heterocycles. The van der Waals surface area contributed by atoms with Crippen molar-refractivity contribution in [1.29, 1.82) is 0 Å². The van der Waals surface area contributed by atoms with Gasteiger partial charge in [0.1, 0.15) is 8.07 Å². The molecule has 0 saturated heterocycles. The fourth-order valence-electron chi connectivity index (χ4n) is 0.984. The standard InChI is InChI=1S/C12H17NSi.ClH/c1-14(2,3)9-8-11-4-6-12(10-13)7-5-11;/h4-7H,10,13H2,1-3H3;1H. The molecule has 0 aliphatic carbocycles. The highest BCUT2D eigenvalue weighted by molar-refractivity contribution is 6.83. The van der Waals surface area contributed by atoms with Gasteiger partial charge >= 0.3 is 0 Å². The van der Waals surface area contributed by atoms with Gasteiger partial charge in [0.25, 0.3) is 0 Å². The minimum Gasteiger partial charge on any atom is -0.326 e. The Morgan fingerprint density at radius 2 is 1.67 bits per heavy atom. The molecule has 0 spiro atoms. The SMILES string of the molecule is C[Si](C)(C)C#Cc1ccc(CN)cc1.Cl. The number of rotatable bonds is 1. The second-order valence-corrected chi connectivity index (χ2v) is 9.15. The van der Waals surface area contributed by atoms with Gasteiger partial charge in [0.15, 0.2) is 0 Å². The highest BCUT2D eigenvalue weighted by Gasteiger charge is 2.07. The van der Waals surface area contributed by atoms with Crippen LogP contribution in [0.2, 0.25) is 19.6 Å². The van der Waals surface area contributed by atoms with Gasteiger partial charge in [-0.3, -0.25) is 0 Å². The first-order chi connectivity index (χ1) is 6.51.